The molecule has 12 heavy (non-hydrogen) atoms. The molecule has 0 aromatic heterocycles. The van der Waals surface area contributed by atoms with Crippen molar-refractivity contribution in [1.29, 1.82) is 0 Å². The Balaban J connectivity index is 3.40. The minimum absolute atomic E-state index is 0.156. The van der Waals surface area contributed by atoms with Crippen molar-refractivity contribution in [3.05, 3.63) is 0 Å². The minimum atomic E-state index is -0.156. The Morgan fingerprint density at radius 2 is 2.25 bits per heavy atom. The molecule has 0 saturated carbocycles. The van der Waals surface area contributed by atoms with E-state index in [4.69, 9.17) is 4.74 Å². The lowest BCUT2D eigenvalue weighted by Crippen LogP contribution is -2.32. The molecule has 0 atom stereocenters. The Morgan fingerprint density at radius 3 is 2.75 bits per heavy atom. The summed E-state index contributed by atoms with van der Waals surface area (Å²) in [5, 5.41) is 3.01. The van der Waals surface area contributed by atoms with Crippen LogP contribution in [0.25, 0.3) is 0 Å². The number of ether oxygens (including phenoxy) is 1. The first-order valence-electron chi connectivity index (χ1n) is 4.19. The Morgan fingerprint density at radius 1 is 1.58 bits per heavy atom. The van der Waals surface area contributed by atoms with Gasteiger partial charge in [-0.15, -0.1) is 0 Å². The van der Waals surface area contributed by atoms with Crippen molar-refractivity contribution in [2.24, 2.45) is 0 Å². The molecule has 72 valence electrons. The van der Waals surface area contributed by atoms with E-state index >= 15 is 0 Å². The van der Waals surface area contributed by atoms with Crippen molar-refractivity contribution in [2.45, 2.75) is 6.92 Å². The SMILES string of the molecule is CCOC(=O)CN(C)CCNC. The number of nitrogens with one attached hydrogen (secondary N) is 1. The van der Waals surface area contributed by atoms with E-state index in [9.17, 15) is 4.79 Å². The van der Waals surface area contributed by atoms with E-state index in [0.29, 0.717) is 13.2 Å². The molecule has 0 heterocycles. The first-order valence-corrected chi connectivity index (χ1v) is 4.19. The van der Waals surface area contributed by atoms with Gasteiger partial charge in [-0.1, -0.05) is 0 Å². The van der Waals surface area contributed by atoms with Crippen LogP contribution in [0.15, 0.2) is 0 Å². The lowest BCUT2D eigenvalue weighted by Gasteiger charge is -2.14. The van der Waals surface area contributed by atoms with Gasteiger partial charge in [0.15, 0.2) is 0 Å². The Labute approximate surface area is 73.9 Å². The molecule has 0 aliphatic carbocycles. The molecule has 0 fully saturated rings. The topological polar surface area (TPSA) is 41.6 Å². The van der Waals surface area contributed by atoms with Gasteiger partial charge in [0.05, 0.1) is 13.2 Å². The van der Waals surface area contributed by atoms with Gasteiger partial charge in [0.1, 0.15) is 0 Å². The second kappa shape index (κ2) is 7.06. The van der Waals surface area contributed by atoms with E-state index in [1.165, 1.54) is 0 Å². The molecule has 1 N–H and O–H groups in total. The third-order valence-corrected chi connectivity index (χ3v) is 1.45. The zero-order chi connectivity index (χ0) is 9.40. The third kappa shape index (κ3) is 6.12. The molecule has 4 nitrogen and oxygen atoms in total. The zero-order valence-corrected chi connectivity index (χ0v) is 8.09. The quantitative estimate of drug-likeness (QED) is 0.561. The molecular formula is C8H18N2O2. The molecule has 0 aliphatic heterocycles. The van der Waals surface area contributed by atoms with Crippen molar-refractivity contribution in [2.75, 3.05) is 40.3 Å². The average Bonchev–Trinajstić information content (AvgIpc) is 2.01. The van der Waals surface area contributed by atoms with Crippen molar-refractivity contribution >= 4 is 5.97 Å². The summed E-state index contributed by atoms with van der Waals surface area (Å²) in [7, 11) is 3.78. The summed E-state index contributed by atoms with van der Waals surface area (Å²) in [5.41, 5.74) is 0. The lowest BCUT2D eigenvalue weighted by atomic mass is 10.5. The molecule has 0 unspecified atom stereocenters. The van der Waals surface area contributed by atoms with E-state index in [1.54, 1.807) is 0 Å². The minimum Gasteiger partial charge on any atom is -0.465 e. The lowest BCUT2D eigenvalue weighted by molar-refractivity contribution is -0.144. The van der Waals surface area contributed by atoms with Gasteiger partial charge in [-0.2, -0.15) is 0 Å². The maximum Gasteiger partial charge on any atom is 0.320 e. The highest BCUT2D eigenvalue weighted by Gasteiger charge is 2.05. The highest BCUT2D eigenvalue weighted by atomic mass is 16.5. The highest BCUT2D eigenvalue weighted by molar-refractivity contribution is 5.71. The Hall–Kier alpha value is -0.610. The van der Waals surface area contributed by atoms with Crippen LogP contribution in [-0.2, 0) is 9.53 Å². The van der Waals surface area contributed by atoms with Crippen LogP contribution >= 0.6 is 0 Å². The molecule has 0 aliphatic rings. The van der Waals surface area contributed by atoms with Crippen LogP contribution in [0.4, 0.5) is 0 Å². The first kappa shape index (κ1) is 11.4. The van der Waals surface area contributed by atoms with Gasteiger partial charge in [0, 0.05) is 13.1 Å². The predicted octanol–water partition coefficient (Wildman–Crippen LogP) is -0.299. The summed E-state index contributed by atoms with van der Waals surface area (Å²) in [6.45, 7) is 4.38. The molecule has 0 spiro atoms. The van der Waals surface area contributed by atoms with Gasteiger partial charge in [-0.05, 0) is 21.0 Å². The number of nitrogens with zero attached hydrogens (tertiary/aromatic N) is 1. The van der Waals surface area contributed by atoms with Gasteiger partial charge >= 0.3 is 5.97 Å². The summed E-state index contributed by atoms with van der Waals surface area (Å²) in [5.74, 6) is -0.156. The summed E-state index contributed by atoms with van der Waals surface area (Å²) in [4.78, 5) is 12.9. The standard InChI is InChI=1S/C8H18N2O2/c1-4-12-8(11)7-10(3)6-5-9-2/h9H,4-7H2,1-3H3. The predicted molar refractivity (Wildman–Crippen MR) is 48.1 cm³/mol. The van der Waals surface area contributed by atoms with Crippen LogP contribution in [0.5, 0.6) is 0 Å². The number of hydrogen-bond donors (Lipinski definition) is 1. The first-order chi connectivity index (χ1) is 5.70. The van der Waals surface area contributed by atoms with Crippen LogP contribution in [0, 0.1) is 0 Å². The van der Waals surface area contributed by atoms with Gasteiger partial charge in [0.25, 0.3) is 0 Å². The maximum absolute atomic E-state index is 10.9. The summed E-state index contributed by atoms with van der Waals surface area (Å²) >= 11 is 0. The fraction of sp³-hybridized carbons (Fsp3) is 0.875. The maximum atomic E-state index is 10.9. The van der Waals surface area contributed by atoms with E-state index in [-0.39, 0.29) is 5.97 Å². The van der Waals surface area contributed by atoms with Crippen LogP contribution in [0.1, 0.15) is 6.92 Å². The molecule has 0 aromatic carbocycles. The number of esters is 1. The van der Waals surface area contributed by atoms with Crippen molar-refractivity contribution in [1.82, 2.24) is 10.2 Å². The van der Waals surface area contributed by atoms with Crippen LogP contribution in [-0.4, -0.2) is 51.2 Å². The summed E-state index contributed by atoms with van der Waals surface area (Å²) in [6.07, 6.45) is 0. The number of rotatable bonds is 6. The van der Waals surface area contributed by atoms with E-state index in [1.807, 2.05) is 25.9 Å². The number of hydrogen-bond acceptors (Lipinski definition) is 4. The Bertz CT molecular complexity index is 128. The molecule has 0 radical (unpaired) electrons. The van der Waals surface area contributed by atoms with Crippen LogP contribution < -0.4 is 5.32 Å². The van der Waals surface area contributed by atoms with Gasteiger partial charge in [-0.3, -0.25) is 9.69 Å². The monoisotopic (exact) mass is 174 g/mol. The number of carbonyl (C=O) groups is 1. The van der Waals surface area contributed by atoms with E-state index in [2.05, 4.69) is 5.32 Å². The molecule has 0 rings (SSSR count). The number of likely N-dealkylation sites (N-methyl/N-ethyl adjacent to an activating group) is 2. The average molecular weight is 174 g/mol. The molecule has 0 bridgehead atoms. The fourth-order valence-corrected chi connectivity index (χ4v) is 0.809. The smallest absolute Gasteiger partial charge is 0.320 e. The largest absolute Gasteiger partial charge is 0.465 e. The Kier molecular flexibility index (Phi) is 6.70. The van der Waals surface area contributed by atoms with Crippen molar-refractivity contribution < 1.29 is 9.53 Å². The van der Waals surface area contributed by atoms with Gasteiger partial charge in [0.2, 0.25) is 0 Å². The second-order valence-electron chi connectivity index (χ2n) is 2.65. The third-order valence-electron chi connectivity index (χ3n) is 1.45. The fourth-order valence-electron chi connectivity index (χ4n) is 0.809. The van der Waals surface area contributed by atoms with Gasteiger partial charge < -0.3 is 10.1 Å². The van der Waals surface area contributed by atoms with Gasteiger partial charge in [-0.25, -0.2) is 0 Å². The molecule has 0 aromatic rings. The molecular weight excluding hydrogens is 156 g/mol. The van der Waals surface area contributed by atoms with E-state index in [0.717, 1.165) is 13.1 Å². The van der Waals surface area contributed by atoms with Crippen LogP contribution in [0.3, 0.4) is 0 Å². The van der Waals surface area contributed by atoms with Crippen molar-refractivity contribution in [3.63, 3.8) is 0 Å². The summed E-state index contributed by atoms with van der Waals surface area (Å²) < 4.78 is 4.79. The normalized spacial score (nSPS) is 10.3. The summed E-state index contributed by atoms with van der Waals surface area (Å²) in [6, 6.07) is 0. The number of carbonyl (C=O) groups excluding carboxylic acids is 1. The highest BCUT2D eigenvalue weighted by Crippen LogP contribution is 1.84. The zero-order valence-electron chi connectivity index (χ0n) is 8.09. The van der Waals surface area contributed by atoms with Crippen molar-refractivity contribution in [3.8, 4) is 0 Å². The second-order valence-corrected chi connectivity index (χ2v) is 2.65. The van der Waals surface area contributed by atoms with E-state index < -0.39 is 0 Å². The van der Waals surface area contributed by atoms with Crippen LogP contribution in [0.2, 0.25) is 0 Å². The molecule has 0 amide bonds. The molecule has 4 heteroatoms. The molecule has 0 saturated heterocycles.